The van der Waals surface area contributed by atoms with Crippen LogP contribution in [0, 0.1) is 18.3 Å². The number of nitrogens with two attached hydrogens (primary N) is 2. The van der Waals surface area contributed by atoms with Crippen molar-refractivity contribution in [1.82, 2.24) is 4.90 Å². The van der Waals surface area contributed by atoms with Crippen LogP contribution in [-0.4, -0.2) is 54.2 Å². The maximum atomic E-state index is 12.1. The van der Waals surface area contributed by atoms with Gasteiger partial charge in [-0.1, -0.05) is 13.8 Å². The molecule has 0 aromatic heterocycles. The van der Waals surface area contributed by atoms with Crippen LogP contribution in [0.4, 0.5) is 0 Å². The van der Waals surface area contributed by atoms with Crippen LogP contribution >= 0.6 is 0 Å². The summed E-state index contributed by atoms with van der Waals surface area (Å²) in [6.45, 7) is 3.39. The topological polar surface area (TPSA) is 133 Å². The molecule has 1 fully saturated rings. The van der Waals surface area contributed by atoms with Gasteiger partial charge in [0.25, 0.3) is 0 Å². The van der Waals surface area contributed by atoms with E-state index < -0.39 is 18.1 Å². The third kappa shape index (κ3) is 4.75. The Bertz CT molecular complexity index is 494. The number of ketones is 1. The smallest absolute Gasteiger partial charge is 0.249 e. The minimum Gasteiger partial charge on any atom is -0.369 e. The van der Waals surface area contributed by atoms with E-state index in [0.717, 1.165) is 0 Å². The van der Waals surface area contributed by atoms with Crippen molar-refractivity contribution in [2.45, 2.75) is 38.8 Å². The quantitative estimate of drug-likeness (QED) is 0.591. The minimum absolute atomic E-state index is 0.0386. The fraction of sp³-hybridized carbons (Fsp3) is 0.667. The molecule has 8 nitrogen and oxygen atoms in total. The van der Waals surface area contributed by atoms with Crippen molar-refractivity contribution < 1.29 is 23.9 Å². The fourth-order valence-electron chi connectivity index (χ4n) is 2.46. The zero-order valence-electron chi connectivity index (χ0n) is 13.7. The lowest BCUT2D eigenvalue weighted by Crippen LogP contribution is -2.50. The van der Waals surface area contributed by atoms with Gasteiger partial charge in [0.1, 0.15) is 12.6 Å². The lowest BCUT2D eigenvalue weighted by atomic mass is 9.90. The van der Waals surface area contributed by atoms with E-state index in [1.807, 2.05) is 6.92 Å². The molecule has 129 valence electrons. The molecule has 0 aromatic carbocycles. The third-order valence-electron chi connectivity index (χ3n) is 4.31. The summed E-state index contributed by atoms with van der Waals surface area (Å²) in [5.74, 6) is -2.13. The van der Waals surface area contributed by atoms with Gasteiger partial charge in [0.2, 0.25) is 17.7 Å². The molecule has 0 aliphatic carbocycles. The highest BCUT2D eigenvalue weighted by Crippen LogP contribution is 2.20. The summed E-state index contributed by atoms with van der Waals surface area (Å²) < 4.78 is 5.03. The van der Waals surface area contributed by atoms with Gasteiger partial charge in [0, 0.05) is 19.4 Å². The zero-order valence-corrected chi connectivity index (χ0v) is 13.7. The van der Waals surface area contributed by atoms with E-state index in [0.29, 0.717) is 12.8 Å². The van der Waals surface area contributed by atoms with Crippen LogP contribution in [0.2, 0.25) is 0 Å². The average Bonchev–Trinajstić information content (AvgIpc) is 2.87. The Morgan fingerprint density at radius 1 is 1.35 bits per heavy atom. The number of carbonyl (C=O) groups is 4. The first-order chi connectivity index (χ1) is 10.7. The zero-order chi connectivity index (χ0) is 17.7. The molecule has 0 bridgehead atoms. The number of hydrogen-bond acceptors (Lipinski definition) is 5. The fourth-order valence-corrected chi connectivity index (χ4v) is 2.46. The van der Waals surface area contributed by atoms with Gasteiger partial charge in [-0.3, -0.25) is 19.2 Å². The van der Waals surface area contributed by atoms with Crippen LogP contribution in [0.15, 0.2) is 0 Å². The highest BCUT2D eigenvalue weighted by molar-refractivity contribution is 5.99. The molecule has 1 aliphatic heterocycles. The van der Waals surface area contributed by atoms with Gasteiger partial charge in [-0.15, -0.1) is 0 Å². The second kappa shape index (κ2) is 8.05. The molecule has 1 saturated heterocycles. The monoisotopic (exact) mass is 326 g/mol. The molecule has 1 rings (SSSR count). The van der Waals surface area contributed by atoms with E-state index >= 15 is 0 Å². The average molecular weight is 326 g/mol. The number of hydrogen-bond donors (Lipinski definition) is 2. The van der Waals surface area contributed by atoms with E-state index in [2.05, 4.69) is 0 Å². The summed E-state index contributed by atoms with van der Waals surface area (Å²) >= 11 is 0. The first kappa shape index (κ1) is 19.1. The second-order valence-corrected chi connectivity index (χ2v) is 5.94. The molecular formula is C15H24N3O5. The van der Waals surface area contributed by atoms with Gasteiger partial charge in [-0.2, -0.15) is 0 Å². The molecule has 4 N–H and O–H groups in total. The van der Waals surface area contributed by atoms with Crippen LogP contribution in [0.5, 0.6) is 0 Å². The number of rotatable bonds is 8. The van der Waals surface area contributed by atoms with Gasteiger partial charge in [0.05, 0.1) is 0 Å². The molecule has 4 unspecified atom stereocenters. The van der Waals surface area contributed by atoms with Crippen molar-refractivity contribution in [3.63, 3.8) is 0 Å². The normalized spacial score (nSPS) is 23.3. The molecule has 1 aliphatic rings. The van der Waals surface area contributed by atoms with Crippen LogP contribution in [-0.2, 0) is 23.9 Å². The summed E-state index contributed by atoms with van der Waals surface area (Å²) in [4.78, 5) is 47.5. The van der Waals surface area contributed by atoms with Gasteiger partial charge >= 0.3 is 0 Å². The summed E-state index contributed by atoms with van der Waals surface area (Å²) in [6, 6.07) is -0.988. The Balaban J connectivity index is 2.52. The first-order valence-electron chi connectivity index (χ1n) is 7.49. The van der Waals surface area contributed by atoms with Gasteiger partial charge in [-0.05, 0) is 18.8 Å². The molecule has 23 heavy (non-hydrogen) atoms. The minimum atomic E-state index is -1.11. The number of ether oxygens (including phenoxy) is 1. The maximum absolute atomic E-state index is 12.1. The molecule has 3 amide bonds. The molecule has 4 atom stereocenters. The number of Topliss-reactive ketones (excluding diaryl/α,β-unsaturated/α-hetero) is 1. The van der Waals surface area contributed by atoms with Crippen molar-refractivity contribution in [1.29, 1.82) is 0 Å². The molecule has 0 spiro atoms. The largest absolute Gasteiger partial charge is 0.369 e. The van der Waals surface area contributed by atoms with Crippen LogP contribution in [0.1, 0.15) is 26.7 Å². The van der Waals surface area contributed by atoms with Crippen molar-refractivity contribution in [3.05, 3.63) is 6.42 Å². The van der Waals surface area contributed by atoms with Crippen molar-refractivity contribution >= 4 is 23.5 Å². The van der Waals surface area contributed by atoms with Crippen molar-refractivity contribution in [2.75, 3.05) is 13.7 Å². The van der Waals surface area contributed by atoms with E-state index in [1.165, 1.54) is 18.4 Å². The van der Waals surface area contributed by atoms with E-state index in [4.69, 9.17) is 16.2 Å². The summed E-state index contributed by atoms with van der Waals surface area (Å²) in [7, 11) is 1.43. The van der Waals surface area contributed by atoms with E-state index in [1.54, 1.807) is 6.92 Å². The second-order valence-electron chi connectivity index (χ2n) is 5.94. The van der Waals surface area contributed by atoms with Gasteiger partial charge in [-0.25, -0.2) is 0 Å². The van der Waals surface area contributed by atoms with Gasteiger partial charge < -0.3 is 21.1 Å². The van der Waals surface area contributed by atoms with Crippen molar-refractivity contribution in [2.24, 2.45) is 23.3 Å². The number of primary amides is 2. The lowest BCUT2D eigenvalue weighted by molar-refractivity contribution is -0.137. The maximum Gasteiger partial charge on any atom is 0.249 e. The Morgan fingerprint density at radius 2 is 1.96 bits per heavy atom. The molecule has 1 heterocycles. The van der Waals surface area contributed by atoms with Crippen LogP contribution < -0.4 is 11.5 Å². The van der Waals surface area contributed by atoms with E-state index in [-0.39, 0.29) is 36.0 Å². The molecule has 1 radical (unpaired) electrons. The lowest BCUT2D eigenvalue weighted by Gasteiger charge is -2.26. The van der Waals surface area contributed by atoms with Crippen molar-refractivity contribution in [3.8, 4) is 0 Å². The Kier molecular flexibility index (Phi) is 6.68. The third-order valence-corrected chi connectivity index (χ3v) is 4.31. The number of nitrogens with zero attached hydrogens (tertiary/aromatic N) is 1. The molecule has 0 saturated carbocycles. The first-order valence-corrected chi connectivity index (χ1v) is 7.49. The predicted octanol–water partition coefficient (Wildman–Crippen LogP) is -0.991. The summed E-state index contributed by atoms with van der Waals surface area (Å²) in [5, 5.41) is 0. The standard InChI is InChI=1S/C15H24N3O5/c1-8(9(2)14(16)21)5-4-6-11(20)18(3)12-10(19)7-23-13(12)15(17)22/h6,8-9,12-13H,4-5,7H2,1-3H3,(H2,16,21)(H2,17,22). The highest BCUT2D eigenvalue weighted by Gasteiger charge is 2.43. The predicted molar refractivity (Wildman–Crippen MR) is 81.6 cm³/mol. The summed E-state index contributed by atoms with van der Waals surface area (Å²) in [5.41, 5.74) is 10.4. The molecule has 0 aromatic rings. The van der Waals surface area contributed by atoms with Crippen LogP contribution in [0.25, 0.3) is 0 Å². The van der Waals surface area contributed by atoms with Gasteiger partial charge in [0.15, 0.2) is 11.9 Å². The Labute approximate surface area is 135 Å². The van der Waals surface area contributed by atoms with E-state index in [9.17, 15) is 19.2 Å². The number of carbonyl (C=O) groups excluding carboxylic acids is 4. The summed E-state index contributed by atoms with van der Waals surface area (Å²) in [6.07, 6.45) is 1.36. The Morgan fingerprint density at radius 3 is 2.48 bits per heavy atom. The van der Waals surface area contributed by atoms with Crippen LogP contribution in [0.3, 0.4) is 0 Å². The molecule has 8 heteroatoms. The highest BCUT2D eigenvalue weighted by atomic mass is 16.5. The number of amides is 3. The Hall–Kier alpha value is -1.96. The molecular weight excluding hydrogens is 302 g/mol. The number of likely N-dealkylation sites (N-methyl/N-ethyl adjacent to an activating group) is 1. The SMILES string of the molecule is CC(CC[CH]C(=O)N(C)C1C(=O)COC1C(N)=O)C(C)C(N)=O.